The minimum atomic E-state index is -4.77. The fourth-order valence-electron chi connectivity index (χ4n) is 3.13. The van der Waals surface area contributed by atoms with Crippen molar-refractivity contribution >= 4 is 23.5 Å². The highest BCUT2D eigenvalue weighted by atomic mass is 32.2. The summed E-state index contributed by atoms with van der Waals surface area (Å²) in [4.78, 5) is 21.9. The Balaban J connectivity index is 2.17. The van der Waals surface area contributed by atoms with Crippen molar-refractivity contribution in [3.63, 3.8) is 0 Å². The van der Waals surface area contributed by atoms with Gasteiger partial charge in [0.15, 0.2) is 6.61 Å². The zero-order valence-electron chi connectivity index (χ0n) is 17.6. The molecule has 0 radical (unpaired) electrons. The highest BCUT2D eigenvalue weighted by molar-refractivity contribution is 7.99. The van der Waals surface area contributed by atoms with Crippen LogP contribution in [0.5, 0.6) is 5.75 Å². The van der Waals surface area contributed by atoms with Gasteiger partial charge in [-0.2, -0.15) is 29.3 Å². The number of aliphatic hydroxyl groups is 1. The number of thioether (sulfide) groups is 1. The Morgan fingerprint density at radius 3 is 2.53 bits per heavy atom. The van der Waals surface area contributed by atoms with Gasteiger partial charge in [-0.25, -0.2) is 4.79 Å². The van der Waals surface area contributed by atoms with Gasteiger partial charge in [0.05, 0.1) is 17.1 Å². The smallest absolute Gasteiger partial charge is 0.422 e. The predicted octanol–water partition coefficient (Wildman–Crippen LogP) is 3.83. The maximum Gasteiger partial charge on any atom is 0.422 e. The predicted molar refractivity (Wildman–Crippen MR) is 108 cm³/mol. The first-order chi connectivity index (χ1) is 14.7. The molecule has 2 N–H and O–H groups in total. The Hall–Kier alpha value is -2.28. The molecular formula is C19H24F4N2O6S. The lowest BCUT2D eigenvalue weighted by atomic mass is 9.91. The van der Waals surface area contributed by atoms with Crippen molar-refractivity contribution in [2.75, 3.05) is 18.1 Å². The number of rotatable bonds is 6. The molecule has 0 bridgehead atoms. The van der Waals surface area contributed by atoms with Gasteiger partial charge in [-0.3, -0.25) is 10.1 Å². The lowest BCUT2D eigenvalue weighted by Gasteiger charge is -2.35. The number of ether oxygens (including phenoxy) is 2. The minimum absolute atomic E-state index is 0.00203. The van der Waals surface area contributed by atoms with Crippen LogP contribution in [0.2, 0.25) is 0 Å². The highest BCUT2D eigenvalue weighted by Crippen LogP contribution is 2.35. The summed E-state index contributed by atoms with van der Waals surface area (Å²) in [5.41, 5.74) is -1.81. The SMILES string of the molecule is CC(C)(C)OC(=O)N[C@H]1CSC[C@@H](Cc2cc(F)c([N+](=O)[O-])c(OCC(F)(F)F)c2)[C@@H]1O. The van der Waals surface area contributed by atoms with Crippen LogP contribution in [0.3, 0.4) is 0 Å². The van der Waals surface area contributed by atoms with E-state index in [4.69, 9.17) is 4.74 Å². The molecule has 1 amide bonds. The fraction of sp³-hybridized carbons (Fsp3) is 0.632. The van der Waals surface area contributed by atoms with Gasteiger partial charge in [0, 0.05) is 5.75 Å². The largest absolute Gasteiger partial charge is 0.477 e. The Bertz CT molecular complexity index is 846. The van der Waals surface area contributed by atoms with Crippen LogP contribution in [-0.4, -0.2) is 58.2 Å². The quantitative estimate of drug-likeness (QED) is 0.359. The molecule has 1 aliphatic heterocycles. The summed E-state index contributed by atoms with van der Waals surface area (Å²) < 4.78 is 61.4. The van der Waals surface area contributed by atoms with E-state index in [1.54, 1.807) is 20.8 Å². The normalized spacial score (nSPS) is 21.7. The number of amides is 1. The number of nitro benzene ring substituents is 1. The lowest BCUT2D eigenvalue weighted by molar-refractivity contribution is -0.388. The molecule has 180 valence electrons. The molecule has 0 unspecified atom stereocenters. The monoisotopic (exact) mass is 484 g/mol. The first kappa shape index (κ1) is 26.0. The number of nitrogens with one attached hydrogen (secondary N) is 1. The van der Waals surface area contributed by atoms with Gasteiger partial charge in [-0.15, -0.1) is 0 Å². The average molecular weight is 484 g/mol. The van der Waals surface area contributed by atoms with E-state index in [0.717, 1.165) is 12.1 Å². The molecule has 1 aromatic rings. The molecule has 0 saturated carbocycles. The molecule has 0 aliphatic carbocycles. The number of carbonyl (C=O) groups is 1. The second-order valence-corrected chi connectivity index (χ2v) is 9.41. The summed E-state index contributed by atoms with van der Waals surface area (Å²) in [7, 11) is 0. The third kappa shape index (κ3) is 7.69. The number of carbonyl (C=O) groups excluding carboxylic acids is 1. The van der Waals surface area contributed by atoms with Gasteiger partial charge in [0.2, 0.25) is 11.6 Å². The molecule has 2 rings (SSSR count). The maximum absolute atomic E-state index is 14.3. The van der Waals surface area contributed by atoms with Crippen molar-refractivity contribution < 1.29 is 41.9 Å². The number of alkyl halides is 3. The van der Waals surface area contributed by atoms with Crippen molar-refractivity contribution in [3.05, 3.63) is 33.6 Å². The number of halogens is 4. The third-order valence-electron chi connectivity index (χ3n) is 4.39. The van der Waals surface area contributed by atoms with Crippen LogP contribution < -0.4 is 10.1 Å². The van der Waals surface area contributed by atoms with E-state index in [2.05, 4.69) is 10.1 Å². The number of hydrogen-bond donors (Lipinski definition) is 2. The van der Waals surface area contributed by atoms with Crippen molar-refractivity contribution in [2.45, 2.75) is 51.1 Å². The van der Waals surface area contributed by atoms with Crippen LogP contribution in [0.15, 0.2) is 12.1 Å². The van der Waals surface area contributed by atoms with Crippen molar-refractivity contribution in [1.29, 1.82) is 0 Å². The third-order valence-corrected chi connectivity index (χ3v) is 5.65. The van der Waals surface area contributed by atoms with E-state index in [1.165, 1.54) is 11.8 Å². The Kier molecular flexibility index (Phi) is 8.21. The van der Waals surface area contributed by atoms with Crippen LogP contribution >= 0.6 is 11.8 Å². The molecule has 1 saturated heterocycles. The number of aliphatic hydroxyl groups excluding tert-OH is 1. The van der Waals surface area contributed by atoms with E-state index >= 15 is 0 Å². The summed E-state index contributed by atoms with van der Waals surface area (Å²) >= 11 is 1.41. The zero-order valence-corrected chi connectivity index (χ0v) is 18.4. The summed E-state index contributed by atoms with van der Waals surface area (Å²) in [6.45, 7) is 3.23. The second-order valence-electron chi connectivity index (χ2n) is 8.33. The van der Waals surface area contributed by atoms with Crippen LogP contribution in [0.1, 0.15) is 26.3 Å². The van der Waals surface area contributed by atoms with Crippen LogP contribution in [0.25, 0.3) is 0 Å². The van der Waals surface area contributed by atoms with E-state index in [9.17, 15) is 37.6 Å². The molecular weight excluding hydrogens is 460 g/mol. The van der Waals surface area contributed by atoms with E-state index in [-0.39, 0.29) is 12.0 Å². The number of benzene rings is 1. The molecule has 1 aromatic carbocycles. The van der Waals surface area contributed by atoms with Crippen molar-refractivity contribution in [3.8, 4) is 5.75 Å². The molecule has 1 heterocycles. The van der Waals surface area contributed by atoms with E-state index in [1.807, 2.05) is 0 Å². The first-order valence-corrected chi connectivity index (χ1v) is 10.7. The molecule has 13 heteroatoms. The molecule has 0 aromatic heterocycles. The molecule has 0 spiro atoms. The molecule has 3 atom stereocenters. The summed E-state index contributed by atoms with van der Waals surface area (Å²) in [6.07, 6.45) is -6.54. The molecule has 8 nitrogen and oxygen atoms in total. The summed E-state index contributed by atoms with van der Waals surface area (Å²) in [6, 6.07) is 1.13. The van der Waals surface area contributed by atoms with Crippen LogP contribution in [0.4, 0.5) is 28.0 Å². The van der Waals surface area contributed by atoms with Gasteiger partial charge < -0.3 is 19.9 Å². The van der Waals surface area contributed by atoms with E-state index in [0.29, 0.717) is 11.5 Å². The van der Waals surface area contributed by atoms with Gasteiger partial charge in [0.25, 0.3) is 0 Å². The van der Waals surface area contributed by atoms with Gasteiger partial charge in [0.1, 0.15) is 5.60 Å². The fourth-order valence-corrected chi connectivity index (χ4v) is 4.42. The van der Waals surface area contributed by atoms with Gasteiger partial charge in [-0.05, 0) is 56.6 Å². The number of nitrogens with zero attached hydrogens (tertiary/aromatic N) is 1. The Morgan fingerprint density at radius 2 is 1.97 bits per heavy atom. The van der Waals surface area contributed by atoms with Crippen molar-refractivity contribution in [1.82, 2.24) is 5.32 Å². The van der Waals surface area contributed by atoms with Gasteiger partial charge >= 0.3 is 18.0 Å². The topological polar surface area (TPSA) is 111 Å². The van der Waals surface area contributed by atoms with Crippen molar-refractivity contribution in [2.24, 2.45) is 5.92 Å². The Morgan fingerprint density at radius 1 is 1.31 bits per heavy atom. The molecule has 1 fully saturated rings. The van der Waals surface area contributed by atoms with Gasteiger partial charge in [-0.1, -0.05) is 0 Å². The number of alkyl carbamates (subject to hydrolysis) is 1. The van der Waals surface area contributed by atoms with E-state index < -0.39 is 64.7 Å². The molecule has 32 heavy (non-hydrogen) atoms. The highest BCUT2D eigenvalue weighted by Gasteiger charge is 2.36. The zero-order chi connectivity index (χ0) is 24.3. The number of hydrogen-bond acceptors (Lipinski definition) is 7. The lowest BCUT2D eigenvalue weighted by Crippen LogP contribution is -2.52. The second kappa shape index (κ2) is 10.1. The summed E-state index contributed by atoms with van der Waals surface area (Å²) in [5.74, 6) is -1.88. The van der Waals surface area contributed by atoms with Crippen LogP contribution in [-0.2, 0) is 11.2 Å². The standard InChI is InChI=1S/C19H24F4N2O6S/c1-18(2,3)31-17(27)24-13-8-32-7-11(16(13)26)4-10-5-12(20)15(25(28)29)14(6-10)30-9-19(21,22)23/h5-6,11,13,16,26H,4,7-9H2,1-3H3,(H,24,27)/t11-,13+,16+/m1/s1. The molecule has 1 aliphatic rings. The Labute approximate surface area is 185 Å². The minimum Gasteiger partial charge on any atom is -0.477 e. The first-order valence-electron chi connectivity index (χ1n) is 9.58. The number of nitro groups is 1. The summed E-state index contributed by atoms with van der Waals surface area (Å²) in [5, 5.41) is 24.3. The van der Waals surface area contributed by atoms with Crippen LogP contribution in [0, 0.1) is 21.8 Å². The average Bonchev–Trinajstić information content (AvgIpc) is 2.60. The maximum atomic E-state index is 14.3.